The second-order valence-electron chi connectivity index (χ2n) is 6.29. The predicted molar refractivity (Wildman–Crippen MR) is 100 cm³/mol. The highest BCUT2D eigenvalue weighted by Gasteiger charge is 2.28. The number of hydrogen-bond acceptors (Lipinski definition) is 5. The van der Waals surface area contributed by atoms with Crippen LogP contribution in [0.5, 0.6) is 0 Å². The van der Waals surface area contributed by atoms with E-state index in [1.165, 1.54) is 23.5 Å². The van der Waals surface area contributed by atoms with Crippen LogP contribution in [0.25, 0.3) is 0 Å². The van der Waals surface area contributed by atoms with E-state index in [0.29, 0.717) is 16.5 Å². The average molecular weight is 394 g/mol. The molecule has 1 aromatic carbocycles. The van der Waals surface area contributed by atoms with Gasteiger partial charge in [-0.2, -0.15) is 0 Å². The van der Waals surface area contributed by atoms with Crippen molar-refractivity contribution in [3.8, 4) is 0 Å². The van der Waals surface area contributed by atoms with E-state index in [4.69, 9.17) is 17.3 Å². The fourth-order valence-electron chi connectivity index (χ4n) is 3.12. The van der Waals surface area contributed by atoms with Crippen LogP contribution < -0.4 is 11.1 Å². The summed E-state index contributed by atoms with van der Waals surface area (Å²) in [6.07, 6.45) is 2.49. The first-order chi connectivity index (χ1) is 12.3. The summed E-state index contributed by atoms with van der Waals surface area (Å²) in [5.74, 6) is -0.803. The molecule has 2 amide bonds. The van der Waals surface area contributed by atoms with Gasteiger partial charge in [0, 0.05) is 16.0 Å². The first-order valence-corrected chi connectivity index (χ1v) is 9.17. The molecule has 0 saturated carbocycles. The molecular formula is C17H16ClN3O4S. The fourth-order valence-corrected chi connectivity index (χ4v) is 4.70. The van der Waals surface area contributed by atoms with Crippen LogP contribution in [0.4, 0.5) is 10.7 Å². The van der Waals surface area contributed by atoms with Gasteiger partial charge in [-0.25, -0.2) is 0 Å². The number of hydrogen-bond donors (Lipinski definition) is 2. The Morgan fingerprint density at radius 3 is 2.81 bits per heavy atom. The van der Waals surface area contributed by atoms with Crippen LogP contribution >= 0.6 is 22.9 Å². The molecule has 9 heteroatoms. The Bertz CT molecular complexity index is 925. The van der Waals surface area contributed by atoms with Crippen LogP contribution in [-0.4, -0.2) is 16.7 Å². The highest BCUT2D eigenvalue weighted by molar-refractivity contribution is 7.17. The quantitative estimate of drug-likeness (QED) is 0.607. The third-order valence-corrected chi connectivity index (χ3v) is 5.79. The zero-order valence-electron chi connectivity index (χ0n) is 13.9. The molecule has 3 N–H and O–H groups in total. The summed E-state index contributed by atoms with van der Waals surface area (Å²) in [5.41, 5.74) is 6.18. The van der Waals surface area contributed by atoms with Crippen LogP contribution in [0, 0.1) is 16.0 Å². The van der Waals surface area contributed by atoms with Crippen molar-refractivity contribution in [1.29, 1.82) is 0 Å². The minimum absolute atomic E-state index is 0.130. The highest BCUT2D eigenvalue weighted by Crippen LogP contribution is 2.39. The van der Waals surface area contributed by atoms with Crippen molar-refractivity contribution in [2.24, 2.45) is 11.7 Å². The zero-order chi connectivity index (χ0) is 19.0. The van der Waals surface area contributed by atoms with E-state index >= 15 is 0 Å². The van der Waals surface area contributed by atoms with E-state index in [2.05, 4.69) is 12.2 Å². The molecule has 26 heavy (non-hydrogen) atoms. The number of primary amides is 1. The molecule has 1 aromatic heterocycles. The zero-order valence-corrected chi connectivity index (χ0v) is 15.4. The number of thiophene rings is 1. The molecule has 0 spiro atoms. The molecule has 7 nitrogen and oxygen atoms in total. The number of benzene rings is 1. The molecule has 0 fully saturated rings. The maximum absolute atomic E-state index is 12.6. The number of carbonyl (C=O) groups is 2. The lowest BCUT2D eigenvalue weighted by Crippen LogP contribution is -2.19. The van der Waals surface area contributed by atoms with E-state index in [1.807, 2.05) is 0 Å². The Morgan fingerprint density at radius 1 is 1.42 bits per heavy atom. The summed E-state index contributed by atoms with van der Waals surface area (Å²) in [7, 11) is 0. The van der Waals surface area contributed by atoms with E-state index in [0.717, 1.165) is 35.8 Å². The van der Waals surface area contributed by atoms with Gasteiger partial charge in [0.2, 0.25) is 0 Å². The molecule has 2 aromatic rings. The number of carbonyl (C=O) groups excluding carboxylic acids is 2. The minimum Gasteiger partial charge on any atom is -0.365 e. The predicted octanol–water partition coefficient (Wildman–Crippen LogP) is 3.79. The Balaban J connectivity index is 1.98. The molecule has 1 heterocycles. The van der Waals surface area contributed by atoms with E-state index in [9.17, 15) is 19.7 Å². The lowest BCUT2D eigenvalue weighted by Gasteiger charge is -2.18. The van der Waals surface area contributed by atoms with E-state index in [1.54, 1.807) is 0 Å². The van der Waals surface area contributed by atoms with Gasteiger partial charge >= 0.3 is 0 Å². The van der Waals surface area contributed by atoms with Crippen molar-refractivity contribution < 1.29 is 14.5 Å². The van der Waals surface area contributed by atoms with Gasteiger partial charge in [-0.3, -0.25) is 19.7 Å². The molecule has 1 aliphatic rings. The number of nitro groups is 1. The minimum atomic E-state index is -0.678. The Morgan fingerprint density at radius 2 is 2.15 bits per heavy atom. The number of nitrogens with two attached hydrogens (primary N) is 1. The molecule has 0 bridgehead atoms. The fraction of sp³-hybridized carbons (Fsp3) is 0.294. The lowest BCUT2D eigenvalue weighted by atomic mass is 9.88. The normalized spacial score (nSPS) is 16.0. The van der Waals surface area contributed by atoms with Gasteiger partial charge in [0.25, 0.3) is 17.5 Å². The maximum atomic E-state index is 12.6. The van der Waals surface area contributed by atoms with Crippen LogP contribution in [-0.2, 0) is 12.8 Å². The highest BCUT2D eigenvalue weighted by atomic mass is 35.5. The summed E-state index contributed by atoms with van der Waals surface area (Å²) >= 11 is 7.09. The second kappa shape index (κ2) is 7.05. The molecule has 1 aliphatic carbocycles. The van der Waals surface area contributed by atoms with Gasteiger partial charge in [0.15, 0.2) is 0 Å². The third kappa shape index (κ3) is 3.42. The van der Waals surface area contributed by atoms with E-state index < -0.39 is 22.4 Å². The van der Waals surface area contributed by atoms with Crippen molar-refractivity contribution in [1.82, 2.24) is 0 Å². The standard InChI is InChI=1S/C17H16ClN3O4S/c1-8-2-4-11-13(6-8)26-17(14(11)15(19)22)20-16(23)10-5-3-9(18)7-12(10)21(24)25/h3,5,7-8H,2,4,6H2,1H3,(H2,19,22)(H,20,23)/t8-/m0/s1. The van der Waals surface area contributed by atoms with Gasteiger partial charge in [0.1, 0.15) is 10.6 Å². The van der Waals surface area contributed by atoms with Crippen LogP contribution in [0.3, 0.4) is 0 Å². The number of amides is 2. The number of nitrogens with zero attached hydrogens (tertiary/aromatic N) is 1. The molecular weight excluding hydrogens is 378 g/mol. The second-order valence-corrected chi connectivity index (χ2v) is 7.83. The first-order valence-electron chi connectivity index (χ1n) is 7.97. The molecule has 0 unspecified atom stereocenters. The lowest BCUT2D eigenvalue weighted by molar-refractivity contribution is -0.385. The molecule has 3 rings (SSSR count). The Kier molecular flexibility index (Phi) is 4.97. The van der Waals surface area contributed by atoms with Crippen molar-refractivity contribution in [3.05, 3.63) is 54.9 Å². The van der Waals surface area contributed by atoms with Gasteiger partial charge in [-0.1, -0.05) is 18.5 Å². The van der Waals surface area contributed by atoms with E-state index in [-0.39, 0.29) is 10.6 Å². The molecule has 0 saturated heterocycles. The van der Waals surface area contributed by atoms with Crippen LogP contribution in [0.15, 0.2) is 18.2 Å². The number of nitrogens with one attached hydrogen (secondary N) is 1. The number of rotatable bonds is 4. The summed E-state index contributed by atoms with van der Waals surface area (Å²) in [6.45, 7) is 2.13. The van der Waals surface area contributed by atoms with Crippen molar-refractivity contribution >= 4 is 45.4 Å². The topological polar surface area (TPSA) is 115 Å². The molecule has 0 aliphatic heterocycles. The molecule has 136 valence electrons. The number of halogens is 1. The first kappa shape index (κ1) is 18.3. The van der Waals surface area contributed by atoms with Crippen molar-refractivity contribution in [3.63, 3.8) is 0 Å². The summed E-state index contributed by atoms with van der Waals surface area (Å²) in [4.78, 5) is 36.1. The van der Waals surface area contributed by atoms with Gasteiger partial charge in [0.05, 0.1) is 10.5 Å². The summed E-state index contributed by atoms with van der Waals surface area (Å²) < 4.78 is 0. The van der Waals surface area contributed by atoms with Crippen molar-refractivity contribution in [2.45, 2.75) is 26.2 Å². The number of anilines is 1. The number of nitro benzene ring substituents is 1. The maximum Gasteiger partial charge on any atom is 0.283 e. The molecule has 0 radical (unpaired) electrons. The smallest absolute Gasteiger partial charge is 0.283 e. The SMILES string of the molecule is C[C@H]1CCc2c(sc(NC(=O)c3ccc(Cl)cc3[N+](=O)[O-])c2C(N)=O)C1. The van der Waals surface area contributed by atoms with Gasteiger partial charge in [-0.05, 0) is 42.9 Å². The Hall–Kier alpha value is -2.45. The van der Waals surface area contributed by atoms with Crippen LogP contribution in [0.1, 0.15) is 44.5 Å². The summed E-state index contributed by atoms with van der Waals surface area (Å²) in [6, 6.07) is 3.81. The number of fused-ring (bicyclic) bond motifs is 1. The van der Waals surface area contributed by atoms with Gasteiger partial charge in [-0.15, -0.1) is 11.3 Å². The monoisotopic (exact) mass is 393 g/mol. The third-order valence-electron chi connectivity index (χ3n) is 4.39. The van der Waals surface area contributed by atoms with Crippen LogP contribution in [0.2, 0.25) is 5.02 Å². The average Bonchev–Trinajstić information content (AvgIpc) is 2.91. The Labute approximate surface area is 158 Å². The van der Waals surface area contributed by atoms with Crippen molar-refractivity contribution in [2.75, 3.05) is 5.32 Å². The van der Waals surface area contributed by atoms with Gasteiger partial charge < -0.3 is 11.1 Å². The summed E-state index contributed by atoms with van der Waals surface area (Å²) in [5, 5.41) is 14.3. The largest absolute Gasteiger partial charge is 0.365 e. The molecule has 1 atom stereocenters.